The monoisotopic (exact) mass is 331 g/mol. The van der Waals surface area contributed by atoms with Crippen LogP contribution in [0.5, 0.6) is 0 Å². The van der Waals surface area contributed by atoms with Gasteiger partial charge in [-0.05, 0) is 48.9 Å². The molecule has 0 radical (unpaired) electrons. The Labute approximate surface area is 120 Å². The Morgan fingerprint density at radius 2 is 2.22 bits per heavy atom. The lowest BCUT2D eigenvalue weighted by Gasteiger charge is -2.47. The highest BCUT2D eigenvalue weighted by Crippen LogP contribution is 2.54. The molecule has 1 unspecified atom stereocenters. The van der Waals surface area contributed by atoms with Gasteiger partial charge in [-0.15, -0.1) is 11.3 Å². The highest BCUT2D eigenvalue weighted by atomic mass is 79.9. The van der Waals surface area contributed by atoms with E-state index in [1.54, 1.807) is 11.3 Å². The summed E-state index contributed by atoms with van der Waals surface area (Å²) in [7, 11) is 5.54. The summed E-state index contributed by atoms with van der Waals surface area (Å²) < 4.78 is 6.12. The molecule has 18 heavy (non-hydrogen) atoms. The molecule has 100 valence electrons. The van der Waals surface area contributed by atoms with Crippen LogP contribution < -0.4 is 0 Å². The minimum absolute atomic E-state index is 0.0722. The maximum atomic E-state index is 12.2. The largest absolute Gasteiger partial charge is 0.469 e. The molecule has 0 bridgehead atoms. The SMILES string of the molecule is COC(=O)C1(C(c2cc(Br)cs2)N(C)C)CCC1. The first-order valence-electron chi connectivity index (χ1n) is 6.00. The summed E-state index contributed by atoms with van der Waals surface area (Å²) >= 11 is 5.18. The van der Waals surface area contributed by atoms with Gasteiger partial charge in [0.05, 0.1) is 18.6 Å². The van der Waals surface area contributed by atoms with Crippen LogP contribution in [0.3, 0.4) is 0 Å². The Morgan fingerprint density at radius 1 is 1.56 bits per heavy atom. The first-order chi connectivity index (χ1) is 8.51. The molecule has 1 atom stereocenters. The first-order valence-corrected chi connectivity index (χ1v) is 7.67. The second-order valence-corrected chi connectivity index (χ2v) is 6.89. The van der Waals surface area contributed by atoms with Crippen LogP contribution in [-0.2, 0) is 9.53 Å². The maximum Gasteiger partial charge on any atom is 0.313 e. The molecule has 1 heterocycles. The van der Waals surface area contributed by atoms with Crippen molar-refractivity contribution in [3.63, 3.8) is 0 Å². The number of hydrogen-bond donors (Lipinski definition) is 0. The molecule has 0 amide bonds. The van der Waals surface area contributed by atoms with Gasteiger partial charge in [0.15, 0.2) is 0 Å². The third kappa shape index (κ3) is 2.24. The molecular formula is C13H18BrNO2S. The molecule has 5 heteroatoms. The van der Waals surface area contributed by atoms with Gasteiger partial charge in [0, 0.05) is 14.7 Å². The van der Waals surface area contributed by atoms with Crippen LogP contribution in [0.25, 0.3) is 0 Å². The molecule has 0 N–H and O–H groups in total. The molecule has 1 aliphatic carbocycles. The zero-order valence-corrected chi connectivity index (χ0v) is 13.3. The summed E-state index contributed by atoms with van der Waals surface area (Å²) in [5.41, 5.74) is -0.359. The van der Waals surface area contributed by atoms with Crippen molar-refractivity contribution in [1.29, 1.82) is 0 Å². The van der Waals surface area contributed by atoms with Gasteiger partial charge >= 0.3 is 5.97 Å². The van der Waals surface area contributed by atoms with Crippen molar-refractivity contribution >= 4 is 33.2 Å². The van der Waals surface area contributed by atoms with Gasteiger partial charge in [-0.3, -0.25) is 4.79 Å². The van der Waals surface area contributed by atoms with E-state index in [1.165, 1.54) is 12.0 Å². The fraction of sp³-hybridized carbons (Fsp3) is 0.615. The third-order valence-corrected chi connectivity index (χ3v) is 5.48. The standard InChI is InChI=1S/C13H18BrNO2S/c1-15(2)11(10-7-9(14)8-18-10)13(5-4-6-13)12(16)17-3/h7-8,11H,4-6H2,1-3H3. The van der Waals surface area contributed by atoms with Gasteiger partial charge in [0.1, 0.15) is 0 Å². The molecule has 1 saturated carbocycles. The summed E-state index contributed by atoms with van der Waals surface area (Å²) in [6, 6.07) is 2.22. The molecular weight excluding hydrogens is 314 g/mol. The Kier molecular flexibility index (Phi) is 4.14. The van der Waals surface area contributed by atoms with E-state index in [0.717, 1.165) is 23.7 Å². The highest BCUT2D eigenvalue weighted by Gasteiger charge is 2.53. The predicted octanol–water partition coefficient (Wildman–Crippen LogP) is 3.46. The Balaban J connectivity index is 2.38. The third-order valence-electron chi connectivity index (χ3n) is 3.73. The number of halogens is 1. The Bertz CT molecular complexity index is 440. The van der Waals surface area contributed by atoms with Gasteiger partial charge in [-0.2, -0.15) is 0 Å². The van der Waals surface area contributed by atoms with E-state index in [9.17, 15) is 4.79 Å². The Hall–Kier alpha value is -0.390. The quantitative estimate of drug-likeness (QED) is 0.791. The minimum Gasteiger partial charge on any atom is -0.469 e. The molecule has 1 aromatic rings. The second kappa shape index (κ2) is 5.31. The fourth-order valence-electron chi connectivity index (χ4n) is 2.84. The minimum atomic E-state index is -0.359. The normalized spacial score (nSPS) is 19.4. The van der Waals surface area contributed by atoms with Crippen LogP contribution >= 0.6 is 27.3 Å². The summed E-state index contributed by atoms with van der Waals surface area (Å²) in [6.45, 7) is 0. The Morgan fingerprint density at radius 3 is 2.56 bits per heavy atom. The van der Waals surface area contributed by atoms with E-state index in [4.69, 9.17) is 4.74 Å². The lowest BCUT2D eigenvalue weighted by atomic mass is 9.63. The lowest BCUT2D eigenvalue weighted by molar-refractivity contribution is -0.164. The number of esters is 1. The average molecular weight is 332 g/mol. The van der Waals surface area contributed by atoms with Crippen LogP contribution in [0.4, 0.5) is 0 Å². The maximum absolute atomic E-state index is 12.2. The average Bonchev–Trinajstić information content (AvgIpc) is 2.67. The van der Waals surface area contributed by atoms with Gasteiger partial charge in [0.25, 0.3) is 0 Å². The van der Waals surface area contributed by atoms with Gasteiger partial charge in [-0.25, -0.2) is 0 Å². The lowest BCUT2D eigenvalue weighted by Crippen LogP contribution is -2.48. The number of hydrogen-bond acceptors (Lipinski definition) is 4. The van der Waals surface area contributed by atoms with Gasteiger partial charge < -0.3 is 9.64 Å². The summed E-state index contributed by atoms with van der Waals surface area (Å²) in [5, 5.41) is 2.06. The van der Waals surface area contributed by atoms with Crippen LogP contribution in [0, 0.1) is 5.41 Å². The molecule has 0 saturated heterocycles. The van der Waals surface area contributed by atoms with Crippen LogP contribution in [0.1, 0.15) is 30.2 Å². The number of carbonyl (C=O) groups excluding carboxylic acids is 1. The molecule has 1 fully saturated rings. The number of thiophene rings is 1. The van der Waals surface area contributed by atoms with Gasteiger partial charge in [-0.1, -0.05) is 6.42 Å². The number of ether oxygens (including phenoxy) is 1. The van der Waals surface area contributed by atoms with E-state index in [2.05, 4.69) is 32.3 Å². The van der Waals surface area contributed by atoms with Gasteiger partial charge in [0.2, 0.25) is 0 Å². The van der Waals surface area contributed by atoms with Crippen molar-refractivity contribution < 1.29 is 9.53 Å². The topological polar surface area (TPSA) is 29.5 Å². The molecule has 0 aliphatic heterocycles. The summed E-state index contributed by atoms with van der Waals surface area (Å²) in [5.74, 6) is -0.0722. The van der Waals surface area contributed by atoms with E-state index >= 15 is 0 Å². The van der Waals surface area contributed by atoms with Crippen molar-refractivity contribution in [3.05, 3.63) is 20.8 Å². The molecule has 0 spiro atoms. The molecule has 1 aromatic heterocycles. The van der Waals surface area contributed by atoms with E-state index in [1.807, 2.05) is 14.1 Å². The number of nitrogens with zero attached hydrogens (tertiary/aromatic N) is 1. The zero-order chi connectivity index (χ0) is 13.3. The van der Waals surface area contributed by atoms with Crippen LogP contribution in [-0.4, -0.2) is 32.1 Å². The highest BCUT2D eigenvalue weighted by molar-refractivity contribution is 9.10. The van der Waals surface area contributed by atoms with Crippen LogP contribution in [0.2, 0.25) is 0 Å². The molecule has 2 rings (SSSR count). The summed E-state index contributed by atoms with van der Waals surface area (Å²) in [6.07, 6.45) is 2.93. The first kappa shape index (κ1) is 14.0. The molecule has 1 aliphatic rings. The molecule has 3 nitrogen and oxygen atoms in total. The van der Waals surface area contributed by atoms with Crippen molar-refractivity contribution in [3.8, 4) is 0 Å². The second-order valence-electron chi connectivity index (χ2n) is 5.03. The number of carbonyl (C=O) groups is 1. The van der Waals surface area contributed by atoms with Crippen molar-refractivity contribution in [1.82, 2.24) is 4.90 Å². The van der Waals surface area contributed by atoms with E-state index in [0.29, 0.717) is 0 Å². The smallest absolute Gasteiger partial charge is 0.313 e. The number of rotatable bonds is 4. The van der Waals surface area contributed by atoms with Crippen molar-refractivity contribution in [2.45, 2.75) is 25.3 Å². The number of methoxy groups -OCH3 is 1. The predicted molar refractivity (Wildman–Crippen MR) is 76.7 cm³/mol. The molecule has 0 aromatic carbocycles. The summed E-state index contributed by atoms with van der Waals surface area (Å²) in [4.78, 5) is 15.5. The van der Waals surface area contributed by atoms with Crippen molar-refractivity contribution in [2.24, 2.45) is 5.41 Å². The van der Waals surface area contributed by atoms with E-state index in [-0.39, 0.29) is 17.4 Å². The van der Waals surface area contributed by atoms with E-state index < -0.39 is 0 Å². The zero-order valence-electron chi connectivity index (χ0n) is 10.9. The fourth-order valence-corrected chi connectivity index (χ4v) is 4.60. The van der Waals surface area contributed by atoms with Crippen molar-refractivity contribution in [2.75, 3.05) is 21.2 Å². The van der Waals surface area contributed by atoms with Crippen LogP contribution in [0.15, 0.2) is 15.9 Å².